The van der Waals surface area contributed by atoms with E-state index in [1.54, 1.807) is 12.1 Å². The molecule has 0 radical (unpaired) electrons. The van der Waals surface area contributed by atoms with Crippen LogP contribution in [0.5, 0.6) is 23.0 Å². The lowest BCUT2D eigenvalue weighted by Gasteiger charge is -2.27. The first-order valence-corrected chi connectivity index (χ1v) is 18.9. The fraction of sp³-hybridized carbons (Fsp3) is 0.0962. The highest BCUT2D eigenvalue weighted by atomic mass is 16.5. The molecule has 0 saturated heterocycles. The van der Waals surface area contributed by atoms with Gasteiger partial charge in [0, 0.05) is 35.3 Å². The Labute approximate surface area is 344 Å². The van der Waals surface area contributed by atoms with Crippen molar-refractivity contribution < 1.29 is 33.3 Å². The van der Waals surface area contributed by atoms with Crippen LogP contribution in [0.2, 0.25) is 0 Å². The molecule has 0 amide bonds. The summed E-state index contributed by atoms with van der Waals surface area (Å²) in [7, 11) is 0. The Kier molecular flexibility index (Phi) is 12.4. The lowest BCUT2D eigenvalue weighted by molar-refractivity contribution is -0.129. The average Bonchev–Trinajstić information content (AvgIpc) is 3.23. The number of benzene rings is 6. The predicted octanol–water partition coefficient (Wildman–Crippen LogP) is 11.9. The second-order valence-corrected chi connectivity index (χ2v) is 14.0. The molecule has 0 aromatic heterocycles. The Morgan fingerprint density at radius 3 is 1.42 bits per heavy atom. The standard InChI is InChI=1S/C52H44O7/c1-10-35(9)56-45-23-21-37(25-31(45)5)39-27-33(7)51(58-48(54)12-3)43(29-39)50(42-20-16-18-36-17-14-15-19-41(36)42)44-30-40(28-34(8)52(44)59-49(55)13-4)38-22-24-46(32(6)26-38)57-47(53)11-2/h10-30,50H,1-4,9H2,5-8H3. The lowest BCUT2D eigenvalue weighted by Crippen LogP contribution is -2.15. The SMILES string of the molecule is C=CC(=C)Oc1ccc(-c2cc(C)c(OC(=O)C=C)c(C(c3cc(-c4ccc(OC(=O)C=C)c(C)c4)cc(C)c3OC(=O)C=C)c3cccc4ccccc34)c2)cc1C. The molecule has 0 aliphatic carbocycles. The van der Waals surface area contributed by atoms with Crippen molar-refractivity contribution >= 4 is 28.7 Å². The fourth-order valence-corrected chi connectivity index (χ4v) is 7.15. The largest absolute Gasteiger partial charge is 0.458 e. The molecule has 6 aromatic carbocycles. The average molecular weight is 781 g/mol. The van der Waals surface area contributed by atoms with Gasteiger partial charge in [0.1, 0.15) is 28.8 Å². The van der Waals surface area contributed by atoms with Crippen molar-refractivity contribution in [3.63, 3.8) is 0 Å². The van der Waals surface area contributed by atoms with Gasteiger partial charge in [0.15, 0.2) is 0 Å². The van der Waals surface area contributed by atoms with Crippen LogP contribution in [-0.2, 0) is 14.4 Å². The fourth-order valence-electron chi connectivity index (χ4n) is 7.15. The van der Waals surface area contributed by atoms with Gasteiger partial charge in [-0.15, -0.1) is 0 Å². The summed E-state index contributed by atoms with van der Waals surface area (Å²) in [5.74, 6) is -0.375. The van der Waals surface area contributed by atoms with Crippen LogP contribution in [0.25, 0.3) is 33.0 Å². The quantitative estimate of drug-likeness (QED) is 0.0271. The molecule has 294 valence electrons. The topological polar surface area (TPSA) is 88.1 Å². The molecule has 0 saturated carbocycles. The number of ether oxygens (including phenoxy) is 4. The molecule has 7 heteroatoms. The van der Waals surface area contributed by atoms with Crippen LogP contribution in [0.4, 0.5) is 0 Å². The summed E-state index contributed by atoms with van der Waals surface area (Å²) < 4.78 is 23.6. The number of esters is 3. The first kappa shape index (κ1) is 41.1. The Morgan fingerprint density at radius 2 is 0.932 bits per heavy atom. The monoisotopic (exact) mass is 780 g/mol. The van der Waals surface area contributed by atoms with E-state index in [1.807, 2.05) is 125 Å². The van der Waals surface area contributed by atoms with E-state index in [2.05, 4.69) is 32.9 Å². The van der Waals surface area contributed by atoms with Crippen LogP contribution >= 0.6 is 0 Å². The van der Waals surface area contributed by atoms with Crippen LogP contribution in [0.3, 0.4) is 0 Å². The van der Waals surface area contributed by atoms with Crippen molar-refractivity contribution in [2.24, 2.45) is 0 Å². The molecule has 59 heavy (non-hydrogen) atoms. The molecule has 1 atom stereocenters. The van der Waals surface area contributed by atoms with Gasteiger partial charge in [-0.1, -0.05) is 87.5 Å². The molecule has 7 nitrogen and oxygen atoms in total. The summed E-state index contributed by atoms with van der Waals surface area (Å²) in [6, 6.07) is 33.4. The summed E-state index contributed by atoms with van der Waals surface area (Å²) in [4.78, 5) is 38.4. The Hall–Kier alpha value is -7.51. The third-order valence-corrected chi connectivity index (χ3v) is 9.96. The molecule has 0 aliphatic rings. The summed E-state index contributed by atoms with van der Waals surface area (Å²) in [6.07, 6.45) is 4.92. The van der Waals surface area contributed by atoms with Gasteiger partial charge >= 0.3 is 17.9 Å². The van der Waals surface area contributed by atoms with Crippen LogP contribution < -0.4 is 18.9 Å². The molecule has 1 unspecified atom stereocenters. The first-order chi connectivity index (χ1) is 28.3. The normalized spacial score (nSPS) is 11.2. The van der Waals surface area contributed by atoms with Gasteiger partial charge in [-0.05, 0) is 143 Å². The second-order valence-electron chi connectivity index (χ2n) is 14.0. The second kappa shape index (κ2) is 17.7. The minimum atomic E-state index is -0.688. The van der Waals surface area contributed by atoms with Crippen molar-refractivity contribution in [3.8, 4) is 45.3 Å². The third-order valence-electron chi connectivity index (χ3n) is 9.96. The van der Waals surface area contributed by atoms with Crippen molar-refractivity contribution in [2.75, 3.05) is 0 Å². The summed E-state index contributed by atoms with van der Waals surface area (Å²) in [5, 5.41) is 1.93. The lowest BCUT2D eigenvalue weighted by atomic mass is 9.79. The van der Waals surface area contributed by atoms with E-state index in [-0.39, 0.29) is 0 Å². The molecular weight excluding hydrogens is 737 g/mol. The maximum Gasteiger partial charge on any atom is 0.335 e. The zero-order valence-electron chi connectivity index (χ0n) is 33.6. The molecule has 0 fully saturated rings. The molecule has 0 bridgehead atoms. The number of aryl methyl sites for hydroxylation is 4. The smallest absolute Gasteiger partial charge is 0.335 e. The van der Waals surface area contributed by atoms with E-state index in [0.29, 0.717) is 51.0 Å². The van der Waals surface area contributed by atoms with Crippen molar-refractivity contribution in [1.82, 2.24) is 0 Å². The van der Waals surface area contributed by atoms with Crippen molar-refractivity contribution in [2.45, 2.75) is 33.6 Å². The maximum absolute atomic E-state index is 13.1. The van der Waals surface area contributed by atoms with Gasteiger partial charge in [-0.3, -0.25) is 0 Å². The van der Waals surface area contributed by atoms with E-state index >= 15 is 0 Å². The number of rotatable bonds is 14. The molecule has 6 rings (SSSR count). The van der Waals surface area contributed by atoms with Crippen molar-refractivity contribution in [3.05, 3.63) is 205 Å². The Balaban J connectivity index is 1.70. The van der Waals surface area contributed by atoms with Gasteiger partial charge in [-0.25, -0.2) is 14.4 Å². The summed E-state index contributed by atoms with van der Waals surface area (Å²) >= 11 is 0. The van der Waals surface area contributed by atoms with Gasteiger partial charge in [0.25, 0.3) is 0 Å². The highest BCUT2D eigenvalue weighted by Crippen LogP contribution is 2.48. The minimum Gasteiger partial charge on any atom is -0.458 e. The van der Waals surface area contributed by atoms with E-state index in [4.69, 9.17) is 18.9 Å². The highest BCUT2D eigenvalue weighted by Gasteiger charge is 2.30. The van der Waals surface area contributed by atoms with Gasteiger partial charge in [0.2, 0.25) is 0 Å². The molecule has 0 aliphatic heterocycles. The highest BCUT2D eigenvalue weighted by molar-refractivity contribution is 5.90. The molecule has 0 heterocycles. The molecular formula is C52H44O7. The van der Waals surface area contributed by atoms with Gasteiger partial charge < -0.3 is 18.9 Å². The number of fused-ring (bicyclic) bond motifs is 1. The minimum absolute atomic E-state index is 0.327. The number of hydrogen-bond donors (Lipinski definition) is 0. The number of allylic oxidation sites excluding steroid dienone is 1. The number of hydrogen-bond acceptors (Lipinski definition) is 7. The molecule has 6 aromatic rings. The number of carbonyl (C=O) groups excluding carboxylic acids is 3. The van der Waals surface area contributed by atoms with Crippen LogP contribution in [0.15, 0.2) is 166 Å². The van der Waals surface area contributed by atoms with Crippen molar-refractivity contribution in [1.29, 1.82) is 0 Å². The molecule has 0 spiro atoms. The van der Waals surface area contributed by atoms with Crippen LogP contribution in [0.1, 0.15) is 44.9 Å². The zero-order chi connectivity index (χ0) is 42.4. The summed E-state index contributed by atoms with van der Waals surface area (Å²) in [6.45, 7) is 26.1. The first-order valence-electron chi connectivity index (χ1n) is 18.9. The number of carbonyl (C=O) groups is 3. The van der Waals surface area contributed by atoms with E-state index < -0.39 is 23.8 Å². The Bertz CT molecular complexity index is 2560. The maximum atomic E-state index is 13.1. The summed E-state index contributed by atoms with van der Waals surface area (Å²) in [5.41, 5.74) is 8.45. The molecule has 0 N–H and O–H groups in total. The third kappa shape index (κ3) is 8.90. The Morgan fingerprint density at radius 1 is 0.475 bits per heavy atom. The van der Waals surface area contributed by atoms with E-state index in [0.717, 1.165) is 67.9 Å². The van der Waals surface area contributed by atoms with Gasteiger partial charge in [-0.2, -0.15) is 0 Å². The van der Waals surface area contributed by atoms with Crippen LogP contribution in [-0.4, -0.2) is 17.9 Å². The van der Waals surface area contributed by atoms with E-state index in [1.165, 1.54) is 0 Å². The predicted molar refractivity (Wildman–Crippen MR) is 235 cm³/mol. The van der Waals surface area contributed by atoms with Gasteiger partial charge in [0.05, 0.1) is 0 Å². The zero-order valence-corrected chi connectivity index (χ0v) is 33.6. The van der Waals surface area contributed by atoms with E-state index in [9.17, 15) is 14.4 Å². The van der Waals surface area contributed by atoms with Crippen LogP contribution in [0, 0.1) is 27.7 Å².